The van der Waals surface area contributed by atoms with E-state index in [-0.39, 0.29) is 11.8 Å². The molecule has 0 aromatic rings. The number of carbonyl (C=O) groups excluding carboxylic acids is 2. The van der Waals surface area contributed by atoms with Crippen LogP contribution in [-0.4, -0.2) is 23.4 Å². The van der Waals surface area contributed by atoms with Gasteiger partial charge in [0.1, 0.15) is 0 Å². The van der Waals surface area contributed by atoms with Crippen LogP contribution in [0.1, 0.15) is 32.6 Å². The Morgan fingerprint density at radius 1 is 1.33 bits per heavy atom. The van der Waals surface area contributed by atoms with Crippen LogP contribution >= 0.6 is 0 Å². The average molecular weight is 170 g/mol. The summed E-state index contributed by atoms with van der Waals surface area (Å²) in [5, 5.41) is 1.15. The van der Waals surface area contributed by atoms with Crippen molar-refractivity contribution in [3.8, 4) is 0 Å². The lowest BCUT2D eigenvalue weighted by Crippen LogP contribution is -2.42. The van der Waals surface area contributed by atoms with E-state index < -0.39 is 0 Å². The van der Waals surface area contributed by atoms with Gasteiger partial charge in [-0.2, -0.15) is 0 Å². The highest BCUT2D eigenvalue weighted by Crippen LogP contribution is 2.08. The van der Waals surface area contributed by atoms with Crippen LogP contribution in [0, 0.1) is 0 Å². The molecule has 0 aromatic heterocycles. The van der Waals surface area contributed by atoms with Crippen LogP contribution in [0.3, 0.4) is 0 Å². The number of amides is 2. The summed E-state index contributed by atoms with van der Waals surface area (Å²) in [4.78, 5) is 22.0. The first-order chi connectivity index (χ1) is 5.75. The summed E-state index contributed by atoms with van der Waals surface area (Å²) in [6, 6.07) is 0. The molecule has 0 radical (unpaired) electrons. The predicted molar refractivity (Wildman–Crippen MR) is 44.0 cm³/mol. The molecule has 0 spiro atoms. The lowest BCUT2D eigenvalue weighted by molar-refractivity contribution is -0.142. The first kappa shape index (κ1) is 9.19. The van der Waals surface area contributed by atoms with Crippen LogP contribution in [-0.2, 0) is 9.59 Å². The molecule has 1 aliphatic rings. The van der Waals surface area contributed by atoms with Crippen molar-refractivity contribution in [3.63, 3.8) is 0 Å². The van der Waals surface area contributed by atoms with Crippen molar-refractivity contribution < 1.29 is 9.59 Å². The number of rotatable bonds is 4. The molecule has 1 heterocycles. The van der Waals surface area contributed by atoms with E-state index in [1.807, 2.05) is 0 Å². The molecule has 4 nitrogen and oxygen atoms in total. The van der Waals surface area contributed by atoms with Gasteiger partial charge >= 0.3 is 0 Å². The van der Waals surface area contributed by atoms with Crippen LogP contribution in [0.15, 0.2) is 0 Å². The van der Waals surface area contributed by atoms with Crippen LogP contribution in [0.5, 0.6) is 0 Å². The van der Waals surface area contributed by atoms with Gasteiger partial charge in [0.25, 0.3) is 0 Å². The van der Waals surface area contributed by atoms with Gasteiger partial charge in [-0.25, -0.2) is 10.4 Å². The SMILES string of the molecule is CCCCNN1C(=O)CCC1=O. The number of unbranched alkanes of at least 4 members (excludes halogenated alkanes) is 1. The molecule has 1 rings (SSSR count). The van der Waals surface area contributed by atoms with E-state index in [4.69, 9.17) is 0 Å². The van der Waals surface area contributed by atoms with Gasteiger partial charge < -0.3 is 0 Å². The van der Waals surface area contributed by atoms with Crippen molar-refractivity contribution >= 4 is 11.8 Å². The second-order valence-corrected chi connectivity index (χ2v) is 2.88. The quantitative estimate of drug-likeness (QED) is 0.492. The zero-order valence-electron chi connectivity index (χ0n) is 7.30. The first-order valence-electron chi connectivity index (χ1n) is 4.35. The van der Waals surface area contributed by atoms with E-state index in [0.717, 1.165) is 17.9 Å². The molecule has 2 amide bonds. The molecule has 0 aromatic carbocycles. The second kappa shape index (κ2) is 4.21. The van der Waals surface area contributed by atoms with Crippen molar-refractivity contribution in [2.24, 2.45) is 0 Å². The minimum atomic E-state index is -0.101. The fourth-order valence-corrected chi connectivity index (χ4v) is 1.12. The third kappa shape index (κ3) is 2.04. The molecule has 4 heteroatoms. The maximum Gasteiger partial charge on any atom is 0.244 e. The zero-order chi connectivity index (χ0) is 8.97. The Bertz CT molecular complexity index is 175. The van der Waals surface area contributed by atoms with E-state index in [0.29, 0.717) is 19.4 Å². The van der Waals surface area contributed by atoms with Crippen molar-refractivity contribution in [2.45, 2.75) is 32.6 Å². The van der Waals surface area contributed by atoms with Crippen molar-refractivity contribution in [1.82, 2.24) is 10.4 Å². The van der Waals surface area contributed by atoms with Gasteiger partial charge in [-0.1, -0.05) is 13.3 Å². The van der Waals surface area contributed by atoms with E-state index in [1.54, 1.807) is 0 Å². The van der Waals surface area contributed by atoms with Gasteiger partial charge in [-0.15, -0.1) is 0 Å². The molecule has 1 N–H and O–H groups in total. The fraction of sp³-hybridized carbons (Fsp3) is 0.750. The fourth-order valence-electron chi connectivity index (χ4n) is 1.12. The lowest BCUT2D eigenvalue weighted by Gasteiger charge is -2.14. The van der Waals surface area contributed by atoms with Gasteiger partial charge in [0.05, 0.1) is 0 Å². The van der Waals surface area contributed by atoms with Crippen LogP contribution in [0.2, 0.25) is 0 Å². The topological polar surface area (TPSA) is 49.4 Å². The Hall–Kier alpha value is -0.900. The van der Waals surface area contributed by atoms with Gasteiger partial charge in [0.2, 0.25) is 11.8 Å². The van der Waals surface area contributed by atoms with E-state index in [2.05, 4.69) is 12.3 Å². The molecule has 0 saturated carbocycles. The Morgan fingerprint density at radius 3 is 2.42 bits per heavy atom. The van der Waals surface area contributed by atoms with Gasteiger partial charge in [-0.3, -0.25) is 9.59 Å². The van der Waals surface area contributed by atoms with Gasteiger partial charge in [0.15, 0.2) is 0 Å². The Kier molecular flexibility index (Phi) is 3.22. The zero-order valence-corrected chi connectivity index (χ0v) is 7.30. The summed E-state index contributed by atoms with van der Waals surface area (Å²) in [6.45, 7) is 2.77. The Labute approximate surface area is 71.9 Å². The lowest BCUT2D eigenvalue weighted by atomic mass is 10.3. The monoisotopic (exact) mass is 170 g/mol. The number of imide groups is 1. The molecule has 1 fully saturated rings. The molecule has 68 valence electrons. The summed E-state index contributed by atoms with van der Waals surface area (Å²) in [5.74, 6) is -0.202. The van der Waals surface area contributed by atoms with Gasteiger partial charge in [-0.05, 0) is 6.42 Å². The summed E-state index contributed by atoms with van der Waals surface area (Å²) in [7, 11) is 0. The Balaban J connectivity index is 2.30. The smallest absolute Gasteiger partial charge is 0.244 e. The van der Waals surface area contributed by atoms with Crippen molar-refractivity contribution in [2.75, 3.05) is 6.54 Å². The average Bonchev–Trinajstić information content (AvgIpc) is 2.35. The minimum Gasteiger partial charge on any atom is -0.273 e. The number of carbonyl (C=O) groups is 2. The number of hydrazine groups is 1. The standard InChI is InChI=1S/C8H14N2O2/c1-2-3-6-9-10-7(11)4-5-8(10)12/h9H,2-6H2,1H3. The van der Waals surface area contributed by atoms with Crippen LogP contribution in [0.25, 0.3) is 0 Å². The second-order valence-electron chi connectivity index (χ2n) is 2.88. The first-order valence-corrected chi connectivity index (χ1v) is 4.35. The molecule has 1 aliphatic heterocycles. The number of hydrogen-bond donors (Lipinski definition) is 1. The van der Waals surface area contributed by atoms with Crippen molar-refractivity contribution in [1.29, 1.82) is 0 Å². The summed E-state index contributed by atoms with van der Waals surface area (Å²) >= 11 is 0. The third-order valence-electron chi connectivity index (χ3n) is 1.85. The summed E-state index contributed by atoms with van der Waals surface area (Å²) in [6.07, 6.45) is 2.76. The van der Waals surface area contributed by atoms with Gasteiger partial charge in [0, 0.05) is 19.4 Å². The Morgan fingerprint density at radius 2 is 1.92 bits per heavy atom. The highest BCUT2D eigenvalue weighted by molar-refractivity contribution is 6.01. The maximum absolute atomic E-state index is 11.0. The summed E-state index contributed by atoms with van der Waals surface area (Å²) < 4.78 is 0. The summed E-state index contributed by atoms with van der Waals surface area (Å²) in [5.41, 5.74) is 2.82. The molecular formula is C8H14N2O2. The van der Waals surface area contributed by atoms with Crippen LogP contribution in [0.4, 0.5) is 0 Å². The molecule has 0 aliphatic carbocycles. The van der Waals surface area contributed by atoms with E-state index in [1.165, 1.54) is 0 Å². The molecule has 0 bridgehead atoms. The number of nitrogens with zero attached hydrogens (tertiary/aromatic N) is 1. The van der Waals surface area contributed by atoms with Crippen LogP contribution < -0.4 is 5.43 Å². The predicted octanol–water partition coefficient (Wildman–Crippen LogP) is 0.440. The molecule has 0 unspecified atom stereocenters. The molecule has 1 saturated heterocycles. The maximum atomic E-state index is 11.0. The number of hydrogen-bond acceptors (Lipinski definition) is 3. The van der Waals surface area contributed by atoms with E-state index >= 15 is 0 Å². The molecule has 12 heavy (non-hydrogen) atoms. The highest BCUT2D eigenvalue weighted by atomic mass is 16.2. The normalized spacial score (nSPS) is 17.6. The minimum absolute atomic E-state index is 0.101. The third-order valence-corrected chi connectivity index (χ3v) is 1.85. The van der Waals surface area contributed by atoms with Crippen molar-refractivity contribution in [3.05, 3.63) is 0 Å². The number of nitrogens with one attached hydrogen (secondary N) is 1. The van der Waals surface area contributed by atoms with E-state index in [9.17, 15) is 9.59 Å². The molecular weight excluding hydrogens is 156 g/mol. The highest BCUT2D eigenvalue weighted by Gasteiger charge is 2.28. The largest absolute Gasteiger partial charge is 0.273 e. The molecule has 0 atom stereocenters.